The molecule has 2 N–H and O–H groups in total. The third-order valence-corrected chi connectivity index (χ3v) is 3.21. The van der Waals surface area contributed by atoms with Gasteiger partial charge in [0.2, 0.25) is 0 Å². The molecule has 2 aromatic rings. The molecular weight excluding hydrogens is 264 g/mol. The summed E-state index contributed by atoms with van der Waals surface area (Å²) in [6.45, 7) is 3.58. The summed E-state index contributed by atoms with van der Waals surface area (Å²) in [7, 11) is 1.50. The van der Waals surface area contributed by atoms with Crippen molar-refractivity contribution in [3.8, 4) is 6.01 Å². The summed E-state index contributed by atoms with van der Waals surface area (Å²) in [6, 6.07) is 3.67. The van der Waals surface area contributed by atoms with E-state index in [-0.39, 0.29) is 6.03 Å². The maximum Gasteiger partial charge on any atom is 0.324 e. The predicted octanol–water partition coefficient (Wildman–Crippen LogP) is 2.81. The highest BCUT2D eigenvalue weighted by molar-refractivity contribution is 7.14. The zero-order chi connectivity index (χ0) is 13.8. The Morgan fingerprint density at radius 1 is 1.26 bits per heavy atom. The van der Waals surface area contributed by atoms with Crippen molar-refractivity contribution in [3.63, 3.8) is 0 Å². The standard InChI is InChI=1S/C12H14N4O2S/c1-7-10(8(2)14-12(13-7)18-3)16-11(17)15-9-5-4-6-19-9/h4-6H,1-3H3,(H2,15,16,17). The van der Waals surface area contributed by atoms with E-state index in [9.17, 15) is 4.79 Å². The van der Waals surface area contributed by atoms with Crippen molar-refractivity contribution in [1.82, 2.24) is 9.97 Å². The van der Waals surface area contributed by atoms with E-state index in [1.165, 1.54) is 18.4 Å². The maximum atomic E-state index is 11.8. The third-order valence-electron chi connectivity index (χ3n) is 2.43. The molecule has 0 bridgehead atoms. The van der Waals surface area contributed by atoms with E-state index in [4.69, 9.17) is 4.74 Å². The monoisotopic (exact) mass is 278 g/mol. The van der Waals surface area contributed by atoms with Crippen LogP contribution in [-0.2, 0) is 0 Å². The number of methoxy groups -OCH3 is 1. The van der Waals surface area contributed by atoms with Crippen LogP contribution in [-0.4, -0.2) is 23.1 Å². The molecule has 2 heterocycles. The molecule has 0 spiro atoms. The number of nitrogens with one attached hydrogen (secondary N) is 2. The van der Waals surface area contributed by atoms with Gasteiger partial charge in [0.1, 0.15) is 0 Å². The normalized spacial score (nSPS) is 10.1. The van der Waals surface area contributed by atoms with Crippen LogP contribution in [0.3, 0.4) is 0 Å². The average molecular weight is 278 g/mol. The molecule has 0 radical (unpaired) electrons. The van der Waals surface area contributed by atoms with Crippen LogP contribution < -0.4 is 15.4 Å². The lowest BCUT2D eigenvalue weighted by Crippen LogP contribution is -2.20. The van der Waals surface area contributed by atoms with E-state index in [0.29, 0.717) is 23.1 Å². The number of aromatic nitrogens is 2. The van der Waals surface area contributed by atoms with Crippen molar-refractivity contribution in [2.24, 2.45) is 0 Å². The highest BCUT2D eigenvalue weighted by Gasteiger charge is 2.12. The van der Waals surface area contributed by atoms with Gasteiger partial charge in [0, 0.05) is 0 Å². The van der Waals surface area contributed by atoms with Gasteiger partial charge in [0.05, 0.1) is 29.2 Å². The lowest BCUT2D eigenvalue weighted by molar-refractivity contribution is 0.262. The van der Waals surface area contributed by atoms with Crippen molar-refractivity contribution in [3.05, 3.63) is 28.9 Å². The minimum Gasteiger partial charge on any atom is -0.467 e. The molecule has 2 amide bonds. The van der Waals surface area contributed by atoms with Gasteiger partial charge in [-0.1, -0.05) is 0 Å². The Hall–Kier alpha value is -2.15. The van der Waals surface area contributed by atoms with E-state index in [2.05, 4.69) is 20.6 Å². The SMILES string of the molecule is COc1nc(C)c(NC(=O)Nc2cccs2)c(C)n1. The van der Waals surface area contributed by atoms with E-state index >= 15 is 0 Å². The van der Waals surface area contributed by atoms with Gasteiger partial charge >= 0.3 is 12.0 Å². The second-order valence-corrected chi connectivity index (χ2v) is 4.76. The summed E-state index contributed by atoms with van der Waals surface area (Å²) < 4.78 is 4.97. The van der Waals surface area contributed by atoms with Crippen LogP contribution in [0.5, 0.6) is 6.01 Å². The zero-order valence-corrected chi connectivity index (χ0v) is 11.7. The molecule has 7 heteroatoms. The van der Waals surface area contributed by atoms with Crippen LogP contribution in [0, 0.1) is 13.8 Å². The number of aryl methyl sites for hydroxylation is 2. The lowest BCUT2D eigenvalue weighted by atomic mass is 10.3. The van der Waals surface area contributed by atoms with Crippen molar-refractivity contribution < 1.29 is 9.53 Å². The fraction of sp³-hybridized carbons (Fsp3) is 0.250. The molecule has 0 saturated heterocycles. The smallest absolute Gasteiger partial charge is 0.324 e. The number of hydrogen-bond donors (Lipinski definition) is 2. The van der Waals surface area contributed by atoms with Gasteiger partial charge in [-0.15, -0.1) is 11.3 Å². The van der Waals surface area contributed by atoms with Crippen molar-refractivity contribution >= 4 is 28.1 Å². The van der Waals surface area contributed by atoms with Crippen LogP contribution in [0.15, 0.2) is 17.5 Å². The Morgan fingerprint density at radius 3 is 2.47 bits per heavy atom. The zero-order valence-electron chi connectivity index (χ0n) is 10.9. The van der Waals surface area contributed by atoms with Gasteiger partial charge in [-0.05, 0) is 31.4 Å². The molecule has 0 aliphatic carbocycles. The fourth-order valence-electron chi connectivity index (χ4n) is 1.56. The number of hydrogen-bond acceptors (Lipinski definition) is 5. The second-order valence-electron chi connectivity index (χ2n) is 3.81. The number of carbonyl (C=O) groups is 1. The molecule has 0 aromatic carbocycles. The number of thiophene rings is 1. The minimum absolute atomic E-state index is 0.291. The molecule has 2 rings (SSSR count). The molecular formula is C12H14N4O2S. The maximum absolute atomic E-state index is 11.8. The number of amides is 2. The first-order valence-electron chi connectivity index (χ1n) is 5.61. The second kappa shape index (κ2) is 5.66. The molecule has 0 saturated carbocycles. The number of carbonyl (C=O) groups excluding carboxylic acids is 1. The molecule has 6 nitrogen and oxygen atoms in total. The number of ether oxygens (including phenoxy) is 1. The first kappa shape index (κ1) is 13.3. The third kappa shape index (κ3) is 3.19. The number of anilines is 2. The molecule has 0 aliphatic heterocycles. The van der Waals surface area contributed by atoms with Crippen LogP contribution in [0.2, 0.25) is 0 Å². The summed E-state index contributed by atoms with van der Waals surface area (Å²) in [5.41, 5.74) is 1.91. The van der Waals surface area contributed by atoms with Gasteiger partial charge in [0.15, 0.2) is 0 Å². The Kier molecular flexibility index (Phi) is 3.96. The van der Waals surface area contributed by atoms with Gasteiger partial charge in [0.25, 0.3) is 0 Å². The topological polar surface area (TPSA) is 76.1 Å². The molecule has 0 fully saturated rings. The quantitative estimate of drug-likeness (QED) is 0.905. The molecule has 0 aliphatic rings. The summed E-state index contributed by atoms with van der Waals surface area (Å²) in [4.78, 5) is 20.1. The number of rotatable bonds is 3. The summed E-state index contributed by atoms with van der Waals surface area (Å²) in [6.07, 6.45) is 0. The van der Waals surface area contributed by atoms with E-state index < -0.39 is 0 Å². The van der Waals surface area contributed by atoms with Gasteiger partial charge in [-0.2, -0.15) is 9.97 Å². The first-order chi connectivity index (χ1) is 9.10. The van der Waals surface area contributed by atoms with Gasteiger partial charge in [-0.3, -0.25) is 5.32 Å². The molecule has 2 aromatic heterocycles. The average Bonchev–Trinajstić information content (AvgIpc) is 2.86. The van der Waals surface area contributed by atoms with E-state index in [0.717, 1.165) is 5.00 Å². The Bertz CT molecular complexity index is 560. The van der Waals surface area contributed by atoms with Gasteiger partial charge in [-0.25, -0.2) is 4.79 Å². The van der Waals surface area contributed by atoms with Gasteiger partial charge < -0.3 is 10.1 Å². The highest BCUT2D eigenvalue weighted by atomic mass is 32.1. The summed E-state index contributed by atoms with van der Waals surface area (Å²) in [5.74, 6) is 0. The van der Waals surface area contributed by atoms with Crippen molar-refractivity contribution in [2.45, 2.75) is 13.8 Å². The number of nitrogens with zero attached hydrogens (tertiary/aromatic N) is 2. The fourth-order valence-corrected chi connectivity index (χ4v) is 2.18. The van der Waals surface area contributed by atoms with Crippen molar-refractivity contribution in [2.75, 3.05) is 17.7 Å². The van der Waals surface area contributed by atoms with Crippen LogP contribution in [0.1, 0.15) is 11.4 Å². The minimum atomic E-state index is -0.317. The van der Waals surface area contributed by atoms with Crippen LogP contribution >= 0.6 is 11.3 Å². The molecule has 0 unspecified atom stereocenters. The van der Waals surface area contributed by atoms with Crippen molar-refractivity contribution in [1.29, 1.82) is 0 Å². The van der Waals surface area contributed by atoms with E-state index in [1.807, 2.05) is 17.5 Å². The Labute approximate surface area is 114 Å². The Balaban J connectivity index is 2.12. The van der Waals surface area contributed by atoms with E-state index in [1.54, 1.807) is 13.8 Å². The Morgan fingerprint density at radius 2 is 1.95 bits per heavy atom. The molecule has 0 atom stereocenters. The summed E-state index contributed by atoms with van der Waals surface area (Å²) >= 11 is 1.45. The summed E-state index contributed by atoms with van der Waals surface area (Å²) in [5, 5.41) is 8.15. The highest BCUT2D eigenvalue weighted by Crippen LogP contribution is 2.20. The van der Waals surface area contributed by atoms with Crippen LogP contribution in [0.25, 0.3) is 0 Å². The predicted molar refractivity (Wildman–Crippen MR) is 75.0 cm³/mol. The number of urea groups is 1. The lowest BCUT2D eigenvalue weighted by Gasteiger charge is -2.11. The van der Waals surface area contributed by atoms with Crippen LogP contribution in [0.4, 0.5) is 15.5 Å². The first-order valence-corrected chi connectivity index (χ1v) is 6.49. The largest absolute Gasteiger partial charge is 0.467 e. The molecule has 19 heavy (non-hydrogen) atoms. The molecule has 100 valence electrons.